The molecule has 2 N–H and O–H groups in total. The third-order valence-corrected chi connectivity index (χ3v) is 6.15. The molecule has 0 radical (unpaired) electrons. The standard InChI is InChI=1S/C26H27N3O2/c1-4-21-20-14-17(2)16-26(21,22-11-12-24(30)29-23(22)15-20)28-13-5-6-18-7-9-19(10-8-18)25(31)27-3/h4-14,20H,15-16H2,1-3H3,(H,27,31)(H,29,30)/b6-5?,21-4+,28-13?/t20-,26+/m0/s1. The fraction of sp³-hybridized carbons (Fsp3) is 0.269. The number of allylic oxidation sites excluding steroid dienone is 3. The van der Waals surface area contributed by atoms with Crippen molar-refractivity contribution in [1.29, 1.82) is 0 Å². The van der Waals surface area contributed by atoms with Crippen LogP contribution in [0, 0.1) is 5.92 Å². The van der Waals surface area contributed by atoms with Crippen LogP contribution in [0.1, 0.15) is 47.4 Å². The first-order valence-corrected chi connectivity index (χ1v) is 10.6. The van der Waals surface area contributed by atoms with E-state index in [1.165, 1.54) is 11.1 Å². The van der Waals surface area contributed by atoms with Crippen LogP contribution < -0.4 is 10.9 Å². The molecule has 2 bridgehead atoms. The van der Waals surface area contributed by atoms with Crippen LogP contribution in [0.5, 0.6) is 0 Å². The lowest BCUT2D eigenvalue weighted by Crippen LogP contribution is -2.40. The first-order valence-electron chi connectivity index (χ1n) is 10.6. The van der Waals surface area contributed by atoms with Crippen LogP contribution in [0.25, 0.3) is 6.08 Å². The molecule has 2 atom stereocenters. The molecule has 1 heterocycles. The normalized spacial score (nSPS) is 23.8. The van der Waals surface area contributed by atoms with Crippen molar-refractivity contribution in [2.24, 2.45) is 10.9 Å². The largest absolute Gasteiger partial charge is 0.355 e. The van der Waals surface area contributed by atoms with Gasteiger partial charge in [0.2, 0.25) is 5.56 Å². The van der Waals surface area contributed by atoms with E-state index in [-0.39, 0.29) is 17.4 Å². The van der Waals surface area contributed by atoms with E-state index >= 15 is 0 Å². The van der Waals surface area contributed by atoms with E-state index < -0.39 is 5.54 Å². The first-order chi connectivity index (χ1) is 15.0. The summed E-state index contributed by atoms with van der Waals surface area (Å²) in [7, 11) is 1.62. The summed E-state index contributed by atoms with van der Waals surface area (Å²) < 4.78 is 0. The number of hydrogen-bond donors (Lipinski definition) is 2. The van der Waals surface area contributed by atoms with E-state index in [4.69, 9.17) is 4.99 Å². The van der Waals surface area contributed by atoms with Crippen LogP contribution >= 0.6 is 0 Å². The summed E-state index contributed by atoms with van der Waals surface area (Å²) in [6, 6.07) is 11.0. The molecule has 0 saturated carbocycles. The van der Waals surface area contributed by atoms with Crippen molar-refractivity contribution < 1.29 is 4.79 Å². The number of aromatic nitrogens is 1. The molecule has 2 aromatic rings. The van der Waals surface area contributed by atoms with Gasteiger partial charge in [0.25, 0.3) is 5.91 Å². The maximum atomic E-state index is 11.9. The molecule has 1 aromatic heterocycles. The van der Waals surface area contributed by atoms with Crippen LogP contribution in [0.3, 0.4) is 0 Å². The van der Waals surface area contributed by atoms with Gasteiger partial charge < -0.3 is 10.3 Å². The topological polar surface area (TPSA) is 74.3 Å². The third-order valence-electron chi connectivity index (χ3n) is 6.15. The molecule has 158 valence electrons. The molecule has 0 spiro atoms. The van der Waals surface area contributed by atoms with Gasteiger partial charge in [0.1, 0.15) is 5.54 Å². The Hall–Kier alpha value is -3.47. The molecule has 0 saturated heterocycles. The van der Waals surface area contributed by atoms with Crippen molar-refractivity contribution in [3.05, 3.63) is 98.5 Å². The number of H-pyrrole nitrogens is 1. The average molecular weight is 414 g/mol. The maximum absolute atomic E-state index is 11.9. The zero-order valence-electron chi connectivity index (χ0n) is 18.1. The number of hydrogen-bond acceptors (Lipinski definition) is 3. The highest BCUT2D eigenvalue weighted by Gasteiger charge is 2.46. The van der Waals surface area contributed by atoms with Crippen molar-refractivity contribution in [1.82, 2.24) is 10.3 Å². The number of benzene rings is 1. The van der Waals surface area contributed by atoms with Crippen molar-refractivity contribution >= 4 is 18.2 Å². The second kappa shape index (κ2) is 8.34. The number of carbonyl (C=O) groups is 1. The Labute approximate surface area is 182 Å². The van der Waals surface area contributed by atoms with E-state index in [0.29, 0.717) is 5.56 Å². The molecule has 5 heteroatoms. The van der Waals surface area contributed by atoms with Crippen LogP contribution in [-0.2, 0) is 12.0 Å². The molecule has 4 rings (SSSR count). The number of amides is 1. The highest BCUT2D eigenvalue weighted by molar-refractivity contribution is 5.94. The number of rotatable bonds is 4. The molecule has 2 aliphatic rings. The van der Waals surface area contributed by atoms with Gasteiger partial charge in [0.15, 0.2) is 0 Å². The third kappa shape index (κ3) is 3.83. The summed E-state index contributed by atoms with van der Waals surface area (Å²) in [6.45, 7) is 4.23. The fourth-order valence-corrected chi connectivity index (χ4v) is 4.87. The number of carbonyl (C=O) groups excluding carboxylic acids is 1. The number of nitrogens with one attached hydrogen (secondary N) is 2. The maximum Gasteiger partial charge on any atom is 0.251 e. The molecule has 0 unspecified atom stereocenters. The lowest BCUT2D eigenvalue weighted by Gasteiger charge is -2.45. The monoisotopic (exact) mass is 413 g/mol. The van der Waals surface area contributed by atoms with Crippen molar-refractivity contribution in [2.45, 2.75) is 32.2 Å². The number of fused-ring (bicyclic) bond motifs is 4. The van der Waals surface area contributed by atoms with E-state index in [9.17, 15) is 9.59 Å². The summed E-state index contributed by atoms with van der Waals surface area (Å²) in [6.07, 6.45) is 11.8. The molecule has 0 aliphatic heterocycles. The number of aromatic amines is 1. The minimum Gasteiger partial charge on any atom is -0.355 e. The van der Waals surface area contributed by atoms with Crippen LogP contribution in [0.4, 0.5) is 0 Å². The van der Waals surface area contributed by atoms with Gasteiger partial charge in [-0.25, -0.2) is 0 Å². The van der Waals surface area contributed by atoms with Crippen molar-refractivity contribution in [3.8, 4) is 0 Å². The molecular weight excluding hydrogens is 386 g/mol. The molecule has 5 nitrogen and oxygen atoms in total. The quantitative estimate of drug-likeness (QED) is 0.583. The highest BCUT2D eigenvalue weighted by Crippen LogP contribution is 2.51. The van der Waals surface area contributed by atoms with Crippen LogP contribution in [0.2, 0.25) is 0 Å². The summed E-state index contributed by atoms with van der Waals surface area (Å²) in [5.74, 6) is 0.155. The zero-order chi connectivity index (χ0) is 22.0. The molecular formula is C26H27N3O2. The summed E-state index contributed by atoms with van der Waals surface area (Å²) in [4.78, 5) is 31.7. The Kier molecular flexibility index (Phi) is 5.59. The predicted molar refractivity (Wildman–Crippen MR) is 125 cm³/mol. The molecule has 1 amide bonds. The Morgan fingerprint density at radius 2 is 2.00 bits per heavy atom. The smallest absolute Gasteiger partial charge is 0.251 e. The fourth-order valence-electron chi connectivity index (χ4n) is 4.87. The van der Waals surface area contributed by atoms with Gasteiger partial charge in [-0.15, -0.1) is 0 Å². The highest BCUT2D eigenvalue weighted by atomic mass is 16.1. The Balaban J connectivity index is 1.67. The predicted octanol–water partition coefficient (Wildman–Crippen LogP) is 4.18. The second-order valence-electron chi connectivity index (χ2n) is 8.16. The second-order valence-corrected chi connectivity index (χ2v) is 8.16. The van der Waals surface area contributed by atoms with Gasteiger partial charge in [-0.05, 0) is 55.7 Å². The lowest BCUT2D eigenvalue weighted by molar-refractivity contribution is 0.0963. The Morgan fingerprint density at radius 1 is 1.23 bits per heavy atom. The van der Waals surface area contributed by atoms with Crippen LogP contribution in [0.15, 0.2) is 75.6 Å². The van der Waals surface area contributed by atoms with Crippen LogP contribution in [-0.4, -0.2) is 24.2 Å². The van der Waals surface area contributed by atoms with E-state index in [2.05, 4.69) is 36.3 Å². The molecule has 0 fully saturated rings. The van der Waals surface area contributed by atoms with E-state index in [1.807, 2.05) is 36.6 Å². The van der Waals surface area contributed by atoms with Gasteiger partial charge in [-0.2, -0.15) is 0 Å². The number of pyridine rings is 1. The van der Waals surface area contributed by atoms with Crippen molar-refractivity contribution in [3.63, 3.8) is 0 Å². The minimum atomic E-state index is -0.483. The van der Waals surface area contributed by atoms with Gasteiger partial charge in [0.05, 0.1) is 0 Å². The molecule has 1 aromatic carbocycles. The Bertz CT molecular complexity index is 1180. The molecule has 31 heavy (non-hydrogen) atoms. The number of aliphatic imine (C=N–C) groups is 1. The number of nitrogens with zero attached hydrogens (tertiary/aromatic N) is 1. The molecule has 2 aliphatic carbocycles. The first kappa shape index (κ1) is 20.8. The van der Waals surface area contributed by atoms with Crippen molar-refractivity contribution in [2.75, 3.05) is 7.05 Å². The van der Waals surface area contributed by atoms with Gasteiger partial charge in [-0.1, -0.05) is 35.9 Å². The van der Waals surface area contributed by atoms with E-state index in [1.54, 1.807) is 25.2 Å². The average Bonchev–Trinajstić information content (AvgIpc) is 2.76. The zero-order valence-corrected chi connectivity index (χ0v) is 18.1. The summed E-state index contributed by atoms with van der Waals surface area (Å²) in [5.41, 5.74) is 5.75. The van der Waals surface area contributed by atoms with Gasteiger partial charge in [-0.3, -0.25) is 14.6 Å². The minimum absolute atomic E-state index is 0.0688. The summed E-state index contributed by atoms with van der Waals surface area (Å²) in [5, 5.41) is 2.62. The Morgan fingerprint density at radius 3 is 2.71 bits per heavy atom. The SMILES string of the molecule is C/C=C1\[C@H]2C=C(C)C[C@]1(N=CC=Cc1ccc(C(=O)NC)cc1)c1ccc(=O)[nH]c1C2. The van der Waals surface area contributed by atoms with Gasteiger partial charge in [0, 0.05) is 48.5 Å². The summed E-state index contributed by atoms with van der Waals surface area (Å²) >= 11 is 0. The van der Waals surface area contributed by atoms with Gasteiger partial charge >= 0.3 is 0 Å². The lowest BCUT2D eigenvalue weighted by atomic mass is 9.63. The van der Waals surface area contributed by atoms with E-state index in [0.717, 1.165) is 29.7 Å².